The van der Waals surface area contributed by atoms with Gasteiger partial charge in [-0.3, -0.25) is 4.79 Å². The highest BCUT2D eigenvalue weighted by molar-refractivity contribution is 5.80. The summed E-state index contributed by atoms with van der Waals surface area (Å²) in [7, 11) is 0. The van der Waals surface area contributed by atoms with Crippen LogP contribution in [0.1, 0.15) is 40.7 Å². The Kier molecular flexibility index (Phi) is 3.78. The van der Waals surface area contributed by atoms with Crippen LogP contribution in [-0.2, 0) is 0 Å². The normalized spacial score (nSPS) is 14.6. The Morgan fingerprint density at radius 1 is 1.10 bits per heavy atom. The Morgan fingerprint density at radius 2 is 1.81 bits per heavy atom. The minimum absolute atomic E-state index is 0.396. The number of ether oxygens (including phenoxy) is 1. The van der Waals surface area contributed by atoms with Gasteiger partial charge in [-0.2, -0.15) is 0 Å². The number of aldehydes is 1. The molecule has 2 aromatic rings. The van der Waals surface area contributed by atoms with Gasteiger partial charge >= 0.3 is 0 Å². The van der Waals surface area contributed by atoms with Gasteiger partial charge in [-0.05, 0) is 73.6 Å². The predicted molar refractivity (Wildman–Crippen MR) is 85.0 cm³/mol. The third-order valence-corrected chi connectivity index (χ3v) is 4.17. The lowest BCUT2D eigenvalue weighted by atomic mass is 9.93. The number of carbonyl (C=O) groups excluding carboxylic acids is 1. The van der Waals surface area contributed by atoms with Crippen molar-refractivity contribution in [1.29, 1.82) is 0 Å². The van der Waals surface area contributed by atoms with E-state index in [0.29, 0.717) is 11.7 Å². The maximum atomic E-state index is 11.0. The van der Waals surface area contributed by atoms with Gasteiger partial charge in [0, 0.05) is 5.56 Å². The first-order valence-electron chi connectivity index (χ1n) is 7.51. The molecule has 3 rings (SSSR count). The maximum absolute atomic E-state index is 11.0. The first kappa shape index (κ1) is 13.9. The third kappa shape index (κ3) is 2.85. The third-order valence-electron chi connectivity index (χ3n) is 4.17. The van der Waals surface area contributed by atoms with E-state index < -0.39 is 0 Å². The van der Waals surface area contributed by atoms with Crippen molar-refractivity contribution in [2.45, 2.75) is 39.2 Å². The molecule has 0 bridgehead atoms. The monoisotopic (exact) mass is 280 g/mol. The van der Waals surface area contributed by atoms with Crippen molar-refractivity contribution >= 4 is 6.29 Å². The van der Waals surface area contributed by atoms with Gasteiger partial charge in [-0.15, -0.1) is 0 Å². The van der Waals surface area contributed by atoms with Crippen LogP contribution in [0.5, 0.6) is 5.75 Å². The summed E-state index contributed by atoms with van der Waals surface area (Å²) in [6.45, 7) is 4.20. The molecule has 1 fully saturated rings. The van der Waals surface area contributed by atoms with Gasteiger partial charge in [-0.1, -0.05) is 18.2 Å². The molecule has 0 amide bonds. The van der Waals surface area contributed by atoms with E-state index in [9.17, 15) is 4.79 Å². The largest absolute Gasteiger partial charge is 0.490 e. The molecule has 0 saturated heterocycles. The van der Waals surface area contributed by atoms with Crippen LogP contribution in [0, 0.1) is 13.8 Å². The van der Waals surface area contributed by atoms with Crippen molar-refractivity contribution in [2.24, 2.45) is 0 Å². The van der Waals surface area contributed by atoms with E-state index in [2.05, 4.69) is 32.0 Å². The molecule has 0 spiro atoms. The van der Waals surface area contributed by atoms with Crippen LogP contribution in [0.3, 0.4) is 0 Å². The van der Waals surface area contributed by atoms with Crippen LogP contribution >= 0.6 is 0 Å². The number of hydrogen-bond donors (Lipinski definition) is 0. The zero-order valence-corrected chi connectivity index (χ0v) is 12.6. The zero-order chi connectivity index (χ0) is 14.8. The molecule has 0 unspecified atom stereocenters. The van der Waals surface area contributed by atoms with Gasteiger partial charge in [0.25, 0.3) is 0 Å². The van der Waals surface area contributed by atoms with Crippen molar-refractivity contribution in [3.8, 4) is 16.9 Å². The average Bonchev–Trinajstić information content (AvgIpc) is 2.42. The standard InChI is InChI=1S/C19H20O2/c1-13-9-18(21-17-7-4-8-17)10-14(2)19(13)16-6-3-5-15(11-16)12-20/h3,5-6,9-12,17H,4,7-8H2,1-2H3. The molecular weight excluding hydrogens is 260 g/mol. The maximum Gasteiger partial charge on any atom is 0.150 e. The molecule has 1 saturated carbocycles. The van der Waals surface area contributed by atoms with Gasteiger partial charge in [0.15, 0.2) is 0 Å². The SMILES string of the molecule is Cc1cc(OC2CCC2)cc(C)c1-c1cccc(C=O)c1. The summed E-state index contributed by atoms with van der Waals surface area (Å²) in [6, 6.07) is 12.0. The smallest absolute Gasteiger partial charge is 0.150 e. The van der Waals surface area contributed by atoms with Gasteiger partial charge in [-0.25, -0.2) is 0 Å². The molecule has 2 nitrogen and oxygen atoms in total. The molecule has 2 heteroatoms. The number of rotatable bonds is 4. The lowest BCUT2D eigenvalue weighted by molar-refractivity contribution is 0.112. The van der Waals surface area contributed by atoms with Crippen molar-refractivity contribution in [3.63, 3.8) is 0 Å². The van der Waals surface area contributed by atoms with Gasteiger partial charge < -0.3 is 4.74 Å². The number of aryl methyl sites for hydroxylation is 2. The van der Waals surface area contributed by atoms with E-state index >= 15 is 0 Å². The lowest BCUT2D eigenvalue weighted by Gasteiger charge is -2.27. The molecular formula is C19H20O2. The summed E-state index contributed by atoms with van der Waals surface area (Å²) in [4.78, 5) is 11.0. The van der Waals surface area contributed by atoms with Crippen LogP contribution in [0.4, 0.5) is 0 Å². The van der Waals surface area contributed by atoms with E-state index in [-0.39, 0.29) is 0 Å². The quantitative estimate of drug-likeness (QED) is 0.758. The Hall–Kier alpha value is -2.09. The first-order valence-corrected chi connectivity index (χ1v) is 7.51. The molecule has 2 aromatic carbocycles. The van der Waals surface area contributed by atoms with Crippen LogP contribution in [0.25, 0.3) is 11.1 Å². The van der Waals surface area contributed by atoms with Crippen molar-refractivity contribution < 1.29 is 9.53 Å². The molecule has 21 heavy (non-hydrogen) atoms. The van der Waals surface area contributed by atoms with Gasteiger partial charge in [0.2, 0.25) is 0 Å². The lowest BCUT2D eigenvalue weighted by Crippen LogP contribution is -2.24. The fourth-order valence-electron chi connectivity index (χ4n) is 2.90. The fraction of sp³-hybridized carbons (Fsp3) is 0.316. The van der Waals surface area contributed by atoms with Crippen molar-refractivity contribution in [2.75, 3.05) is 0 Å². The molecule has 0 heterocycles. The molecule has 0 N–H and O–H groups in total. The molecule has 1 aliphatic carbocycles. The van der Waals surface area contributed by atoms with Crippen LogP contribution in [0.15, 0.2) is 36.4 Å². The van der Waals surface area contributed by atoms with Gasteiger partial charge in [0.05, 0.1) is 6.10 Å². The number of benzene rings is 2. The zero-order valence-electron chi connectivity index (χ0n) is 12.6. The fourth-order valence-corrected chi connectivity index (χ4v) is 2.90. The second kappa shape index (κ2) is 5.72. The van der Waals surface area contributed by atoms with E-state index in [0.717, 1.165) is 17.6 Å². The molecule has 0 aromatic heterocycles. The first-order chi connectivity index (χ1) is 10.2. The van der Waals surface area contributed by atoms with Crippen molar-refractivity contribution in [3.05, 3.63) is 53.1 Å². The summed E-state index contributed by atoms with van der Waals surface area (Å²) in [6.07, 6.45) is 4.90. The molecule has 1 aliphatic rings. The Labute approximate surface area is 125 Å². The molecule has 0 atom stereocenters. The highest BCUT2D eigenvalue weighted by Gasteiger charge is 2.19. The minimum Gasteiger partial charge on any atom is -0.490 e. The Bertz CT molecular complexity index is 646. The van der Waals surface area contributed by atoms with Crippen LogP contribution in [-0.4, -0.2) is 12.4 Å². The number of hydrogen-bond acceptors (Lipinski definition) is 2. The van der Waals surface area contributed by atoms with Crippen LogP contribution in [0.2, 0.25) is 0 Å². The van der Waals surface area contributed by atoms with E-state index in [4.69, 9.17) is 4.74 Å². The predicted octanol–water partition coefficient (Wildman–Crippen LogP) is 4.71. The average molecular weight is 280 g/mol. The minimum atomic E-state index is 0.396. The van der Waals surface area contributed by atoms with E-state index in [1.807, 2.05) is 18.2 Å². The topological polar surface area (TPSA) is 26.3 Å². The highest BCUT2D eigenvalue weighted by atomic mass is 16.5. The second-order valence-electron chi connectivity index (χ2n) is 5.85. The summed E-state index contributed by atoms with van der Waals surface area (Å²) in [5.74, 6) is 0.963. The summed E-state index contributed by atoms with van der Waals surface area (Å²) >= 11 is 0. The van der Waals surface area contributed by atoms with E-state index in [1.165, 1.54) is 36.0 Å². The van der Waals surface area contributed by atoms with Crippen LogP contribution < -0.4 is 4.74 Å². The summed E-state index contributed by atoms with van der Waals surface area (Å²) in [5, 5.41) is 0. The van der Waals surface area contributed by atoms with E-state index in [1.54, 1.807) is 0 Å². The Morgan fingerprint density at radius 3 is 2.38 bits per heavy atom. The molecule has 108 valence electrons. The second-order valence-corrected chi connectivity index (χ2v) is 5.85. The van der Waals surface area contributed by atoms with Crippen molar-refractivity contribution in [1.82, 2.24) is 0 Å². The summed E-state index contributed by atoms with van der Waals surface area (Å²) in [5.41, 5.74) is 5.37. The van der Waals surface area contributed by atoms with Gasteiger partial charge in [0.1, 0.15) is 12.0 Å². The Balaban J connectivity index is 1.96. The molecule has 0 aliphatic heterocycles. The summed E-state index contributed by atoms with van der Waals surface area (Å²) < 4.78 is 5.99. The number of carbonyl (C=O) groups is 1. The molecule has 0 radical (unpaired) electrons. The highest BCUT2D eigenvalue weighted by Crippen LogP contribution is 2.33.